The van der Waals surface area contributed by atoms with Gasteiger partial charge in [-0.15, -0.1) is 10.2 Å². The van der Waals surface area contributed by atoms with Gasteiger partial charge >= 0.3 is 0 Å². The first kappa shape index (κ1) is 14.6. The molecule has 0 saturated carbocycles. The highest BCUT2D eigenvalue weighted by Crippen LogP contribution is 2.03. The first-order valence-electron chi connectivity index (χ1n) is 7.15. The standard InChI is InChI=1S/C17H15N5O/c23-16-15(11-13-7-3-1-4-8-13)20-22-17(19-16)21-18-12-14-9-5-2-6-10-14/h1-10,12H,11H2,(H2,19,21,22,23)/b18-12+. The van der Waals surface area contributed by atoms with Gasteiger partial charge in [-0.1, -0.05) is 60.7 Å². The zero-order valence-corrected chi connectivity index (χ0v) is 12.3. The van der Waals surface area contributed by atoms with Crippen LogP contribution in [0.1, 0.15) is 16.8 Å². The Labute approximate surface area is 132 Å². The van der Waals surface area contributed by atoms with Crippen LogP contribution in [0, 0.1) is 0 Å². The zero-order chi connectivity index (χ0) is 15.9. The van der Waals surface area contributed by atoms with E-state index >= 15 is 0 Å². The monoisotopic (exact) mass is 305 g/mol. The molecular weight excluding hydrogens is 290 g/mol. The Morgan fingerprint density at radius 2 is 1.70 bits per heavy atom. The van der Waals surface area contributed by atoms with Crippen molar-refractivity contribution in [3.8, 4) is 0 Å². The fourth-order valence-electron chi connectivity index (χ4n) is 2.02. The number of aromatic nitrogens is 3. The van der Waals surface area contributed by atoms with Crippen molar-refractivity contribution in [3.05, 3.63) is 87.8 Å². The molecule has 0 radical (unpaired) electrons. The third kappa shape index (κ3) is 4.10. The number of rotatable bonds is 5. The van der Waals surface area contributed by atoms with E-state index in [0.717, 1.165) is 11.1 Å². The average Bonchev–Trinajstić information content (AvgIpc) is 2.59. The summed E-state index contributed by atoms with van der Waals surface area (Å²) in [6.07, 6.45) is 2.08. The predicted octanol–water partition coefficient (Wildman–Crippen LogP) is 2.20. The second kappa shape index (κ2) is 7.13. The van der Waals surface area contributed by atoms with Gasteiger partial charge in [-0.25, -0.2) is 5.43 Å². The Morgan fingerprint density at radius 3 is 2.39 bits per heavy atom. The molecule has 0 aliphatic carbocycles. The van der Waals surface area contributed by atoms with Crippen LogP contribution in [0.2, 0.25) is 0 Å². The summed E-state index contributed by atoms with van der Waals surface area (Å²) in [7, 11) is 0. The fraction of sp³-hybridized carbons (Fsp3) is 0.0588. The maximum absolute atomic E-state index is 12.0. The molecule has 2 aromatic carbocycles. The van der Waals surface area contributed by atoms with E-state index in [4.69, 9.17) is 0 Å². The van der Waals surface area contributed by atoms with Crippen LogP contribution in [0.5, 0.6) is 0 Å². The Hall–Kier alpha value is -3.28. The molecule has 0 saturated heterocycles. The molecule has 0 aliphatic heterocycles. The molecule has 0 fully saturated rings. The maximum Gasteiger partial charge on any atom is 0.274 e. The Morgan fingerprint density at radius 1 is 1.00 bits per heavy atom. The Balaban J connectivity index is 1.67. The summed E-state index contributed by atoms with van der Waals surface area (Å²) in [5.74, 6) is 0.207. The lowest BCUT2D eigenvalue weighted by Crippen LogP contribution is -2.18. The number of hydrogen-bond donors (Lipinski definition) is 2. The van der Waals surface area contributed by atoms with Gasteiger partial charge in [0.25, 0.3) is 5.56 Å². The van der Waals surface area contributed by atoms with Gasteiger partial charge in [-0.05, 0) is 11.1 Å². The summed E-state index contributed by atoms with van der Waals surface area (Å²) in [4.78, 5) is 14.7. The van der Waals surface area contributed by atoms with Crippen molar-refractivity contribution in [2.45, 2.75) is 6.42 Å². The maximum atomic E-state index is 12.0. The summed E-state index contributed by atoms with van der Waals surface area (Å²) in [5, 5.41) is 11.9. The number of nitrogens with one attached hydrogen (secondary N) is 2. The highest BCUT2D eigenvalue weighted by atomic mass is 16.1. The third-order valence-corrected chi connectivity index (χ3v) is 3.16. The van der Waals surface area contributed by atoms with Crippen molar-refractivity contribution < 1.29 is 0 Å². The minimum Gasteiger partial charge on any atom is -0.288 e. The highest BCUT2D eigenvalue weighted by molar-refractivity contribution is 5.79. The normalized spacial score (nSPS) is 10.8. The van der Waals surface area contributed by atoms with Gasteiger partial charge in [0.05, 0.1) is 6.21 Å². The van der Waals surface area contributed by atoms with E-state index in [0.29, 0.717) is 12.1 Å². The van der Waals surface area contributed by atoms with Crippen LogP contribution >= 0.6 is 0 Å². The number of anilines is 1. The predicted molar refractivity (Wildman–Crippen MR) is 89.6 cm³/mol. The summed E-state index contributed by atoms with van der Waals surface area (Å²) < 4.78 is 0. The van der Waals surface area contributed by atoms with E-state index in [-0.39, 0.29) is 11.5 Å². The third-order valence-electron chi connectivity index (χ3n) is 3.16. The largest absolute Gasteiger partial charge is 0.288 e. The van der Waals surface area contributed by atoms with Crippen LogP contribution < -0.4 is 11.0 Å². The quantitative estimate of drug-likeness (QED) is 0.559. The molecule has 0 amide bonds. The number of aromatic amines is 1. The number of benzene rings is 2. The second-order valence-corrected chi connectivity index (χ2v) is 4.89. The molecule has 6 nitrogen and oxygen atoms in total. The number of H-pyrrole nitrogens is 1. The van der Waals surface area contributed by atoms with Gasteiger partial charge in [0.1, 0.15) is 5.69 Å². The molecular formula is C17H15N5O. The van der Waals surface area contributed by atoms with Crippen LogP contribution in [0.3, 0.4) is 0 Å². The van der Waals surface area contributed by atoms with Crippen molar-refractivity contribution in [2.24, 2.45) is 5.10 Å². The number of hydrogen-bond acceptors (Lipinski definition) is 5. The van der Waals surface area contributed by atoms with E-state index in [1.165, 1.54) is 0 Å². The fourth-order valence-corrected chi connectivity index (χ4v) is 2.02. The molecule has 114 valence electrons. The van der Waals surface area contributed by atoms with Crippen molar-refractivity contribution in [1.29, 1.82) is 0 Å². The van der Waals surface area contributed by atoms with E-state index < -0.39 is 0 Å². The van der Waals surface area contributed by atoms with E-state index in [1.807, 2.05) is 60.7 Å². The molecule has 0 spiro atoms. The molecule has 0 bridgehead atoms. The van der Waals surface area contributed by atoms with Crippen molar-refractivity contribution in [1.82, 2.24) is 15.2 Å². The van der Waals surface area contributed by atoms with Crippen molar-refractivity contribution in [3.63, 3.8) is 0 Å². The second-order valence-electron chi connectivity index (χ2n) is 4.89. The van der Waals surface area contributed by atoms with Crippen LogP contribution in [0.15, 0.2) is 70.6 Å². The summed E-state index contributed by atoms with van der Waals surface area (Å²) >= 11 is 0. The zero-order valence-electron chi connectivity index (χ0n) is 12.3. The number of nitrogens with zero attached hydrogens (tertiary/aromatic N) is 3. The molecule has 0 aliphatic rings. The van der Waals surface area contributed by atoms with Gasteiger partial charge in [0, 0.05) is 6.42 Å². The summed E-state index contributed by atoms with van der Waals surface area (Å²) in [5.41, 5.74) is 4.71. The van der Waals surface area contributed by atoms with E-state index in [9.17, 15) is 4.79 Å². The molecule has 0 atom stereocenters. The lowest BCUT2D eigenvalue weighted by molar-refractivity contribution is 0.866. The molecule has 3 aromatic rings. The lowest BCUT2D eigenvalue weighted by Gasteiger charge is -2.01. The van der Waals surface area contributed by atoms with Gasteiger partial charge < -0.3 is 0 Å². The molecule has 0 unspecified atom stereocenters. The van der Waals surface area contributed by atoms with Crippen molar-refractivity contribution >= 4 is 12.2 Å². The first-order valence-corrected chi connectivity index (χ1v) is 7.15. The van der Waals surface area contributed by atoms with Crippen LogP contribution in [0.4, 0.5) is 5.95 Å². The molecule has 1 aromatic heterocycles. The summed E-state index contributed by atoms with van der Waals surface area (Å²) in [6, 6.07) is 19.3. The molecule has 23 heavy (non-hydrogen) atoms. The lowest BCUT2D eigenvalue weighted by atomic mass is 10.1. The van der Waals surface area contributed by atoms with Crippen LogP contribution in [-0.4, -0.2) is 21.4 Å². The van der Waals surface area contributed by atoms with Gasteiger partial charge in [-0.3, -0.25) is 9.78 Å². The smallest absolute Gasteiger partial charge is 0.274 e. The molecule has 3 rings (SSSR count). The van der Waals surface area contributed by atoms with E-state index in [2.05, 4.69) is 25.7 Å². The van der Waals surface area contributed by atoms with E-state index in [1.54, 1.807) is 6.21 Å². The first-order chi connectivity index (χ1) is 11.3. The topological polar surface area (TPSA) is 83.0 Å². The van der Waals surface area contributed by atoms with Crippen LogP contribution in [0.25, 0.3) is 0 Å². The SMILES string of the molecule is O=c1[nH]c(N/N=C/c2ccccc2)nnc1Cc1ccccc1. The Bertz CT molecular complexity index is 844. The minimum atomic E-state index is -0.277. The van der Waals surface area contributed by atoms with Gasteiger partial charge in [0.2, 0.25) is 5.95 Å². The molecule has 6 heteroatoms. The van der Waals surface area contributed by atoms with Crippen molar-refractivity contribution in [2.75, 3.05) is 5.43 Å². The molecule has 2 N–H and O–H groups in total. The molecule has 1 heterocycles. The van der Waals surface area contributed by atoms with Gasteiger partial charge in [-0.2, -0.15) is 5.10 Å². The van der Waals surface area contributed by atoms with Gasteiger partial charge in [0.15, 0.2) is 0 Å². The van der Waals surface area contributed by atoms with Crippen LogP contribution in [-0.2, 0) is 6.42 Å². The highest BCUT2D eigenvalue weighted by Gasteiger charge is 2.05. The summed E-state index contributed by atoms with van der Waals surface area (Å²) in [6.45, 7) is 0. The minimum absolute atomic E-state index is 0.207. The Kier molecular flexibility index (Phi) is 4.54. The average molecular weight is 305 g/mol. The number of hydrazone groups is 1.